The summed E-state index contributed by atoms with van der Waals surface area (Å²) < 4.78 is 42.2. The van der Waals surface area contributed by atoms with Crippen molar-refractivity contribution >= 4 is 17.5 Å². The summed E-state index contributed by atoms with van der Waals surface area (Å²) in [5.41, 5.74) is 3.46. The van der Waals surface area contributed by atoms with Gasteiger partial charge in [0.1, 0.15) is 5.82 Å². The van der Waals surface area contributed by atoms with Gasteiger partial charge >= 0.3 is 5.97 Å². The van der Waals surface area contributed by atoms with E-state index in [-0.39, 0.29) is 34.6 Å². The summed E-state index contributed by atoms with van der Waals surface area (Å²) in [6, 6.07) is 9.42. The van der Waals surface area contributed by atoms with E-state index < -0.39 is 23.5 Å². The van der Waals surface area contributed by atoms with Crippen LogP contribution in [0.2, 0.25) is 0 Å². The van der Waals surface area contributed by atoms with E-state index in [4.69, 9.17) is 14.6 Å². The molecule has 0 spiro atoms. The summed E-state index contributed by atoms with van der Waals surface area (Å²) in [7, 11) is 0. The zero-order chi connectivity index (χ0) is 32.9. The van der Waals surface area contributed by atoms with Gasteiger partial charge in [0.25, 0.3) is 5.91 Å². The number of aliphatic carboxylic acids is 1. The summed E-state index contributed by atoms with van der Waals surface area (Å²) >= 11 is 0. The fourth-order valence-corrected chi connectivity index (χ4v) is 6.61. The van der Waals surface area contributed by atoms with Crippen molar-refractivity contribution in [2.45, 2.75) is 77.9 Å². The number of fused-ring (bicyclic) bond motifs is 2. The van der Waals surface area contributed by atoms with E-state index in [1.807, 2.05) is 6.92 Å². The Hall–Kier alpha value is -4.38. The van der Waals surface area contributed by atoms with Crippen molar-refractivity contribution in [2.24, 2.45) is 0 Å². The SMILES string of the molecule is Cc1nc2cc(C(=O)N3CCC(c4ccc(F)cc4)CC3)nn2c(-c2cc(F)c3c(c2C)CCCO3)c1[C@H](OC(C)(C)C)C(=O)O. The van der Waals surface area contributed by atoms with Gasteiger partial charge in [-0.2, -0.15) is 5.10 Å². The van der Waals surface area contributed by atoms with Crippen molar-refractivity contribution in [2.75, 3.05) is 19.7 Å². The van der Waals surface area contributed by atoms with Gasteiger partial charge in [-0.15, -0.1) is 0 Å². The molecule has 242 valence electrons. The second-order valence-corrected chi connectivity index (χ2v) is 13.1. The van der Waals surface area contributed by atoms with E-state index in [2.05, 4.69) is 4.98 Å². The van der Waals surface area contributed by atoms with E-state index in [9.17, 15) is 19.1 Å². The van der Waals surface area contributed by atoms with Gasteiger partial charge in [0.2, 0.25) is 0 Å². The number of benzene rings is 2. The van der Waals surface area contributed by atoms with Crippen LogP contribution in [0.25, 0.3) is 16.9 Å². The van der Waals surface area contributed by atoms with Crippen molar-refractivity contribution in [1.29, 1.82) is 0 Å². The molecule has 1 atom stereocenters. The number of ether oxygens (including phenoxy) is 2. The highest BCUT2D eigenvalue weighted by Crippen LogP contribution is 2.42. The summed E-state index contributed by atoms with van der Waals surface area (Å²) in [6.07, 6.45) is 1.31. The lowest BCUT2D eigenvalue weighted by atomic mass is 9.89. The van der Waals surface area contributed by atoms with Gasteiger partial charge in [-0.25, -0.2) is 23.1 Å². The fraction of sp³-hybridized carbons (Fsp3) is 0.429. The molecule has 0 saturated carbocycles. The van der Waals surface area contributed by atoms with Crippen molar-refractivity contribution < 1.29 is 33.0 Å². The Morgan fingerprint density at radius 1 is 1.09 bits per heavy atom. The Kier molecular flexibility index (Phi) is 8.30. The van der Waals surface area contributed by atoms with Gasteiger partial charge in [-0.1, -0.05) is 12.1 Å². The summed E-state index contributed by atoms with van der Waals surface area (Å²) in [4.78, 5) is 33.0. The average Bonchev–Trinajstić information content (AvgIpc) is 3.44. The third-order valence-electron chi connectivity index (χ3n) is 8.82. The molecule has 2 aromatic heterocycles. The Morgan fingerprint density at radius 2 is 1.78 bits per heavy atom. The molecule has 2 aliphatic rings. The molecule has 2 aliphatic heterocycles. The number of halogens is 2. The molecule has 1 amide bonds. The van der Waals surface area contributed by atoms with Gasteiger partial charge in [0.15, 0.2) is 29.0 Å². The zero-order valence-electron chi connectivity index (χ0n) is 26.7. The molecule has 6 rings (SSSR count). The van der Waals surface area contributed by atoms with Crippen LogP contribution in [0.4, 0.5) is 8.78 Å². The molecule has 9 nitrogen and oxygen atoms in total. The maximum atomic E-state index is 15.6. The molecule has 46 heavy (non-hydrogen) atoms. The highest BCUT2D eigenvalue weighted by molar-refractivity contribution is 5.94. The molecule has 11 heteroatoms. The van der Waals surface area contributed by atoms with Crippen molar-refractivity contribution in [1.82, 2.24) is 19.5 Å². The molecule has 0 radical (unpaired) electrons. The molecule has 2 aromatic carbocycles. The minimum absolute atomic E-state index is 0.147. The maximum Gasteiger partial charge on any atom is 0.337 e. The number of nitrogens with zero attached hydrogens (tertiary/aromatic N) is 4. The van der Waals surface area contributed by atoms with Gasteiger partial charge in [0.05, 0.1) is 17.9 Å². The predicted molar refractivity (Wildman–Crippen MR) is 167 cm³/mol. The lowest BCUT2D eigenvalue weighted by Crippen LogP contribution is -2.38. The monoisotopic (exact) mass is 632 g/mol. The largest absolute Gasteiger partial charge is 0.490 e. The van der Waals surface area contributed by atoms with Crippen molar-refractivity contribution in [3.63, 3.8) is 0 Å². The number of hydrogen-bond acceptors (Lipinski definition) is 6. The van der Waals surface area contributed by atoms with Crippen LogP contribution in [-0.2, 0) is 16.0 Å². The molecule has 1 saturated heterocycles. The first-order valence-corrected chi connectivity index (χ1v) is 15.6. The maximum absolute atomic E-state index is 15.6. The summed E-state index contributed by atoms with van der Waals surface area (Å²) in [5, 5.41) is 15.1. The van der Waals surface area contributed by atoms with Crippen LogP contribution < -0.4 is 4.74 Å². The van der Waals surface area contributed by atoms with E-state index in [0.717, 1.165) is 30.4 Å². The number of carboxylic acid groups (broad SMARTS) is 1. The normalized spacial score (nSPS) is 16.3. The summed E-state index contributed by atoms with van der Waals surface area (Å²) in [5.74, 6) is -1.93. The van der Waals surface area contributed by atoms with Gasteiger partial charge in [-0.05, 0) is 95.5 Å². The van der Waals surface area contributed by atoms with E-state index >= 15 is 4.39 Å². The second kappa shape index (κ2) is 12.1. The minimum Gasteiger partial charge on any atom is -0.490 e. The lowest BCUT2D eigenvalue weighted by molar-refractivity contribution is -0.160. The van der Waals surface area contributed by atoms with Crippen LogP contribution >= 0.6 is 0 Å². The van der Waals surface area contributed by atoms with Gasteiger partial charge < -0.3 is 19.5 Å². The minimum atomic E-state index is -1.45. The Morgan fingerprint density at radius 3 is 2.43 bits per heavy atom. The number of carbonyl (C=O) groups is 2. The molecule has 4 heterocycles. The lowest BCUT2D eigenvalue weighted by Gasteiger charge is -2.31. The molecule has 1 fully saturated rings. The highest BCUT2D eigenvalue weighted by atomic mass is 19.1. The van der Waals surface area contributed by atoms with E-state index in [1.165, 1.54) is 22.7 Å². The number of carboxylic acids is 1. The number of hydrogen-bond donors (Lipinski definition) is 1. The number of carbonyl (C=O) groups excluding carboxylic acids is 1. The van der Waals surface area contributed by atoms with Gasteiger partial charge in [0, 0.05) is 41.5 Å². The van der Waals surface area contributed by atoms with Crippen LogP contribution in [0.3, 0.4) is 0 Å². The highest BCUT2D eigenvalue weighted by Gasteiger charge is 2.35. The standard InChI is InChI=1S/C35H38F2N4O5/c1-19-24-7-6-16-45-31(24)26(37)17-25(19)30-29(32(34(43)44)46-35(3,4)5)20(2)38-28-18-27(39-41(28)30)33(42)40-14-12-22(13-15-40)21-8-10-23(36)11-9-21/h8-11,17-18,22,32H,6-7,12-16H2,1-5H3,(H,43,44)/t32-/m0/s1. The Balaban J connectivity index is 1.45. The molecule has 0 bridgehead atoms. The first-order valence-electron chi connectivity index (χ1n) is 15.6. The molecule has 1 N–H and O–H groups in total. The van der Waals surface area contributed by atoms with Gasteiger partial charge in [-0.3, -0.25) is 4.79 Å². The average molecular weight is 633 g/mol. The first kappa shape index (κ1) is 31.6. The van der Waals surface area contributed by atoms with Crippen LogP contribution in [0.5, 0.6) is 5.75 Å². The molecular formula is C35H38F2N4O5. The molecule has 4 aromatic rings. The quantitative estimate of drug-likeness (QED) is 0.256. The summed E-state index contributed by atoms with van der Waals surface area (Å²) in [6.45, 7) is 10.2. The molecule has 0 aliphatic carbocycles. The number of amides is 1. The number of rotatable bonds is 6. The van der Waals surface area contributed by atoms with Crippen molar-refractivity contribution in [3.05, 3.63) is 81.7 Å². The zero-order valence-corrected chi connectivity index (χ0v) is 26.7. The predicted octanol–water partition coefficient (Wildman–Crippen LogP) is 6.58. The topological polar surface area (TPSA) is 106 Å². The van der Waals surface area contributed by atoms with E-state index in [0.29, 0.717) is 54.3 Å². The third-order valence-corrected chi connectivity index (χ3v) is 8.82. The Bertz CT molecular complexity index is 1820. The Labute approximate surface area is 266 Å². The number of aromatic nitrogens is 3. The van der Waals surface area contributed by atoms with Crippen LogP contribution in [0, 0.1) is 25.5 Å². The second-order valence-electron chi connectivity index (χ2n) is 13.1. The van der Waals surface area contributed by atoms with E-state index in [1.54, 1.807) is 50.8 Å². The third kappa shape index (κ3) is 5.95. The van der Waals surface area contributed by atoms with Crippen LogP contribution in [0.1, 0.15) is 90.5 Å². The first-order chi connectivity index (χ1) is 21.8. The number of likely N-dealkylation sites (tertiary alicyclic amines) is 1. The smallest absolute Gasteiger partial charge is 0.337 e. The van der Waals surface area contributed by atoms with Crippen molar-refractivity contribution in [3.8, 4) is 17.0 Å². The molecule has 0 unspecified atom stereocenters. The van der Waals surface area contributed by atoms with Crippen LogP contribution in [0.15, 0.2) is 36.4 Å². The fourth-order valence-electron chi connectivity index (χ4n) is 6.61. The number of piperidine rings is 1. The molecular weight excluding hydrogens is 594 g/mol. The van der Waals surface area contributed by atoms with Crippen LogP contribution in [-0.4, -0.2) is 61.8 Å². The number of aryl methyl sites for hydroxylation is 1.